The van der Waals surface area contributed by atoms with Crippen LogP contribution in [0.15, 0.2) is 24.3 Å². The molecule has 1 aromatic carbocycles. The predicted octanol–water partition coefficient (Wildman–Crippen LogP) is 2.04. The predicted molar refractivity (Wildman–Crippen MR) is 66.3 cm³/mol. The lowest BCUT2D eigenvalue weighted by Gasteiger charge is -2.11. The average molecular weight is 273 g/mol. The lowest BCUT2D eigenvalue weighted by molar-refractivity contribution is -0.0498. The van der Waals surface area contributed by atoms with Gasteiger partial charge in [0.1, 0.15) is 5.75 Å². The molecule has 0 saturated heterocycles. The number of aliphatic hydroxyl groups is 1. The summed E-state index contributed by atoms with van der Waals surface area (Å²) in [7, 11) is 0. The third-order valence-electron chi connectivity index (χ3n) is 2.57. The third-order valence-corrected chi connectivity index (χ3v) is 2.57. The van der Waals surface area contributed by atoms with E-state index in [9.17, 15) is 13.6 Å². The molecule has 0 fully saturated rings. The monoisotopic (exact) mass is 273 g/mol. The van der Waals surface area contributed by atoms with Gasteiger partial charge in [0.05, 0.1) is 0 Å². The topological polar surface area (TPSA) is 58.6 Å². The normalized spacial score (nSPS) is 12.3. The number of rotatable bonds is 7. The second-order valence-electron chi connectivity index (χ2n) is 4.23. The second kappa shape index (κ2) is 7.68. The van der Waals surface area contributed by atoms with Gasteiger partial charge < -0.3 is 15.2 Å². The van der Waals surface area contributed by atoms with E-state index < -0.39 is 6.61 Å². The lowest BCUT2D eigenvalue weighted by atomic mass is 10.1. The Kier molecular flexibility index (Phi) is 6.21. The molecule has 1 amide bonds. The Balaban J connectivity index is 2.48. The fraction of sp³-hybridized carbons (Fsp3) is 0.462. The molecule has 0 radical (unpaired) electrons. The lowest BCUT2D eigenvalue weighted by Crippen LogP contribution is -2.28. The highest BCUT2D eigenvalue weighted by atomic mass is 19.3. The van der Waals surface area contributed by atoms with Crippen LogP contribution in [0.4, 0.5) is 8.78 Å². The van der Waals surface area contributed by atoms with Gasteiger partial charge in [0.25, 0.3) is 5.91 Å². The molecule has 0 aromatic heterocycles. The standard InChI is InChI=1S/C13H17F2NO3/c1-9(6-7-17)8-16-12(18)10-2-4-11(5-3-10)19-13(14)15/h2-5,9,13,17H,6-8H2,1H3,(H,16,18). The van der Waals surface area contributed by atoms with Crippen LogP contribution >= 0.6 is 0 Å². The summed E-state index contributed by atoms with van der Waals surface area (Å²) in [4.78, 5) is 11.7. The van der Waals surface area contributed by atoms with Crippen molar-refractivity contribution in [2.45, 2.75) is 20.0 Å². The maximum absolute atomic E-state index is 11.9. The Hall–Kier alpha value is -1.69. The van der Waals surface area contributed by atoms with Crippen molar-refractivity contribution in [1.82, 2.24) is 5.32 Å². The average Bonchev–Trinajstić information content (AvgIpc) is 2.36. The maximum atomic E-state index is 11.9. The van der Waals surface area contributed by atoms with E-state index >= 15 is 0 Å². The molecule has 2 N–H and O–H groups in total. The molecule has 0 aliphatic heterocycles. The molecule has 0 aliphatic rings. The first kappa shape index (κ1) is 15.4. The molecule has 0 spiro atoms. The van der Waals surface area contributed by atoms with Crippen molar-refractivity contribution in [2.24, 2.45) is 5.92 Å². The van der Waals surface area contributed by atoms with E-state index in [1.807, 2.05) is 6.92 Å². The molecule has 1 rings (SSSR count). The van der Waals surface area contributed by atoms with Crippen LogP contribution in [0.1, 0.15) is 23.7 Å². The van der Waals surface area contributed by atoms with Crippen molar-refractivity contribution in [3.05, 3.63) is 29.8 Å². The first-order valence-corrected chi connectivity index (χ1v) is 5.97. The molecule has 1 atom stereocenters. The Morgan fingerprint density at radius 2 is 2.00 bits per heavy atom. The van der Waals surface area contributed by atoms with Gasteiger partial charge in [0.2, 0.25) is 0 Å². The van der Waals surface area contributed by atoms with Crippen LogP contribution in [0.3, 0.4) is 0 Å². The summed E-state index contributed by atoms with van der Waals surface area (Å²) in [5.74, 6) is -0.0935. The Morgan fingerprint density at radius 3 is 2.53 bits per heavy atom. The van der Waals surface area contributed by atoms with E-state index in [0.29, 0.717) is 18.5 Å². The number of halogens is 2. The van der Waals surface area contributed by atoms with E-state index in [-0.39, 0.29) is 24.2 Å². The van der Waals surface area contributed by atoms with E-state index in [4.69, 9.17) is 5.11 Å². The van der Waals surface area contributed by atoms with Crippen molar-refractivity contribution >= 4 is 5.91 Å². The minimum Gasteiger partial charge on any atom is -0.435 e. The molecule has 6 heteroatoms. The maximum Gasteiger partial charge on any atom is 0.387 e. The minimum absolute atomic E-state index is 0.0141. The Labute approximate surface area is 110 Å². The molecule has 0 aliphatic carbocycles. The molecule has 0 saturated carbocycles. The SMILES string of the molecule is CC(CCO)CNC(=O)c1ccc(OC(F)F)cc1. The van der Waals surface area contributed by atoms with Crippen LogP contribution < -0.4 is 10.1 Å². The Morgan fingerprint density at radius 1 is 1.37 bits per heavy atom. The van der Waals surface area contributed by atoms with Gasteiger partial charge in [0.15, 0.2) is 0 Å². The number of alkyl halides is 2. The van der Waals surface area contributed by atoms with Crippen LogP contribution in [-0.2, 0) is 0 Å². The highest BCUT2D eigenvalue weighted by Gasteiger charge is 2.09. The number of hydrogen-bond donors (Lipinski definition) is 2. The molecule has 0 bridgehead atoms. The van der Waals surface area contributed by atoms with Crippen LogP contribution in [0.5, 0.6) is 5.75 Å². The quantitative estimate of drug-likeness (QED) is 0.799. The molecular formula is C13H17F2NO3. The first-order valence-electron chi connectivity index (χ1n) is 5.97. The van der Waals surface area contributed by atoms with E-state index in [2.05, 4.69) is 10.1 Å². The molecule has 1 aromatic rings. The summed E-state index contributed by atoms with van der Waals surface area (Å²) in [6, 6.07) is 5.48. The number of amides is 1. The van der Waals surface area contributed by atoms with Gasteiger partial charge in [-0.25, -0.2) is 0 Å². The van der Waals surface area contributed by atoms with E-state index in [0.717, 1.165) is 0 Å². The largest absolute Gasteiger partial charge is 0.435 e. The zero-order valence-corrected chi connectivity index (χ0v) is 10.6. The minimum atomic E-state index is -2.88. The molecule has 1 unspecified atom stereocenters. The number of hydrogen-bond acceptors (Lipinski definition) is 3. The van der Waals surface area contributed by atoms with Gasteiger partial charge in [-0.2, -0.15) is 8.78 Å². The highest BCUT2D eigenvalue weighted by Crippen LogP contribution is 2.14. The van der Waals surface area contributed by atoms with E-state index in [1.54, 1.807) is 0 Å². The van der Waals surface area contributed by atoms with Crippen molar-refractivity contribution in [3.63, 3.8) is 0 Å². The van der Waals surface area contributed by atoms with Gasteiger partial charge >= 0.3 is 6.61 Å². The van der Waals surface area contributed by atoms with Crippen LogP contribution in [0.25, 0.3) is 0 Å². The summed E-state index contributed by atoms with van der Waals surface area (Å²) in [6.45, 7) is -0.430. The summed E-state index contributed by atoms with van der Waals surface area (Å²) in [5, 5.41) is 11.4. The second-order valence-corrected chi connectivity index (χ2v) is 4.23. The zero-order valence-electron chi connectivity index (χ0n) is 10.6. The van der Waals surface area contributed by atoms with Crippen LogP contribution in [0.2, 0.25) is 0 Å². The molecular weight excluding hydrogens is 256 g/mol. The fourth-order valence-electron chi connectivity index (χ4n) is 1.48. The van der Waals surface area contributed by atoms with E-state index in [1.165, 1.54) is 24.3 Å². The summed E-state index contributed by atoms with van der Waals surface area (Å²) < 4.78 is 28.1. The first-order chi connectivity index (χ1) is 9.02. The molecule has 4 nitrogen and oxygen atoms in total. The number of carbonyl (C=O) groups is 1. The van der Waals surface area contributed by atoms with Crippen molar-refractivity contribution < 1.29 is 23.4 Å². The summed E-state index contributed by atoms with van der Waals surface area (Å²) in [5.41, 5.74) is 0.373. The fourth-order valence-corrected chi connectivity index (χ4v) is 1.48. The number of carbonyl (C=O) groups excluding carboxylic acids is 1. The molecule has 19 heavy (non-hydrogen) atoms. The molecule has 106 valence electrons. The summed E-state index contributed by atoms with van der Waals surface area (Å²) in [6.07, 6.45) is 0.613. The number of benzene rings is 1. The molecule has 0 heterocycles. The number of ether oxygens (including phenoxy) is 1. The van der Waals surface area contributed by atoms with Gasteiger partial charge in [-0.05, 0) is 36.6 Å². The van der Waals surface area contributed by atoms with Crippen LogP contribution in [0, 0.1) is 5.92 Å². The smallest absolute Gasteiger partial charge is 0.387 e. The van der Waals surface area contributed by atoms with Gasteiger partial charge in [-0.15, -0.1) is 0 Å². The van der Waals surface area contributed by atoms with Crippen molar-refractivity contribution in [3.8, 4) is 5.75 Å². The highest BCUT2D eigenvalue weighted by molar-refractivity contribution is 5.94. The summed E-state index contributed by atoms with van der Waals surface area (Å²) >= 11 is 0. The van der Waals surface area contributed by atoms with Crippen molar-refractivity contribution in [2.75, 3.05) is 13.2 Å². The zero-order chi connectivity index (χ0) is 14.3. The van der Waals surface area contributed by atoms with Gasteiger partial charge in [-0.3, -0.25) is 4.79 Å². The number of aliphatic hydroxyl groups excluding tert-OH is 1. The van der Waals surface area contributed by atoms with Crippen LogP contribution in [-0.4, -0.2) is 30.8 Å². The van der Waals surface area contributed by atoms with Crippen molar-refractivity contribution in [1.29, 1.82) is 0 Å². The number of nitrogens with one attached hydrogen (secondary N) is 1. The third kappa shape index (κ3) is 5.65. The Bertz CT molecular complexity index is 395. The van der Waals surface area contributed by atoms with Gasteiger partial charge in [0, 0.05) is 18.7 Å². The van der Waals surface area contributed by atoms with Gasteiger partial charge in [-0.1, -0.05) is 6.92 Å².